The predicted molar refractivity (Wildman–Crippen MR) is 229 cm³/mol. The molecule has 4 atom stereocenters. The first kappa shape index (κ1) is 40.2. The molecule has 3 amide bonds. The third-order valence-corrected chi connectivity index (χ3v) is 11.7. The van der Waals surface area contributed by atoms with E-state index >= 15 is 0 Å². The number of aromatic nitrogens is 4. The van der Waals surface area contributed by atoms with E-state index in [1.807, 2.05) is 92.6 Å². The number of hydrogen-bond acceptors (Lipinski definition) is 8. The number of nitrogens with one attached hydrogen (secondary N) is 3. The number of ether oxygens (including phenoxy) is 1. The van der Waals surface area contributed by atoms with Gasteiger partial charge in [-0.05, 0) is 72.5 Å². The number of aromatic amines is 2. The van der Waals surface area contributed by atoms with Gasteiger partial charge in [0.05, 0.1) is 37.1 Å². The highest BCUT2D eigenvalue weighted by molar-refractivity contribution is 5.93. The molecule has 13 heteroatoms. The molecule has 308 valence electrons. The maximum absolute atomic E-state index is 13.9. The zero-order valence-electron chi connectivity index (χ0n) is 34.5. The summed E-state index contributed by atoms with van der Waals surface area (Å²) in [6.45, 7) is 4.46. The number of likely N-dealkylation sites (N-methyl/N-ethyl adjacent to an activating group) is 1. The second-order valence-electron chi connectivity index (χ2n) is 16.2. The van der Waals surface area contributed by atoms with Gasteiger partial charge in [0.2, 0.25) is 11.8 Å². The van der Waals surface area contributed by atoms with Crippen LogP contribution in [0.5, 0.6) is 0 Å². The van der Waals surface area contributed by atoms with E-state index in [0.717, 1.165) is 68.6 Å². The minimum absolute atomic E-state index is 0.0111. The van der Waals surface area contributed by atoms with Crippen molar-refractivity contribution < 1.29 is 23.9 Å². The van der Waals surface area contributed by atoms with Gasteiger partial charge in [0, 0.05) is 36.5 Å². The molecule has 2 aliphatic heterocycles. The van der Waals surface area contributed by atoms with Gasteiger partial charge in [0.15, 0.2) is 5.78 Å². The SMILES string of the molecule is COC(=O)N[C@H](C(=O)N1CCC[C@H]1c1nc(-c2ccc3cc(-c4ccc(-c5c[nH]c([C@@H]6CC(=O)CN6C(=O)[C@@H](c6ccccc6)N(C)C)n5)cc4)ccc3c2)c[nH]1)C(C)C. The number of Topliss-reactive ketones (excluding diaryl/α,β-unsaturated/α-hetero) is 1. The molecule has 13 nitrogen and oxygen atoms in total. The standard InChI is InChI=1S/C47H50N8O5/c1-28(2)41(52-47(59)60-5)45(57)54-21-9-12-39(54)43-48-26-38(51-43)35-20-19-33-22-32(17-18-34(33)23-35)29-13-15-30(16-14-29)37-25-49-44(50-37)40-24-36(56)27-55(40)46(58)42(53(3)4)31-10-7-6-8-11-31/h6-8,10-11,13-20,22-23,25-26,28,39-42H,9,12,21,24,27H2,1-5H3,(H,48,51)(H,49,50)(H,52,59)/t39-,40-,41-,42+/m0/s1. The van der Waals surface area contributed by atoms with E-state index in [-0.39, 0.29) is 42.5 Å². The number of nitrogens with zero attached hydrogens (tertiary/aromatic N) is 5. The Labute approximate surface area is 349 Å². The van der Waals surface area contributed by atoms with Crippen molar-refractivity contribution >= 4 is 34.5 Å². The lowest BCUT2D eigenvalue weighted by atomic mass is 9.98. The van der Waals surface area contributed by atoms with Gasteiger partial charge in [-0.3, -0.25) is 19.3 Å². The van der Waals surface area contributed by atoms with E-state index in [9.17, 15) is 19.2 Å². The Morgan fingerprint density at radius 1 is 0.767 bits per heavy atom. The largest absolute Gasteiger partial charge is 0.453 e. The predicted octanol–water partition coefficient (Wildman–Crippen LogP) is 7.48. The molecule has 2 saturated heterocycles. The number of carbonyl (C=O) groups excluding carboxylic acids is 4. The van der Waals surface area contributed by atoms with Crippen LogP contribution in [-0.2, 0) is 19.1 Å². The van der Waals surface area contributed by atoms with Crippen LogP contribution in [0.15, 0.2) is 103 Å². The van der Waals surface area contributed by atoms with Crippen LogP contribution in [0.2, 0.25) is 0 Å². The molecule has 2 aliphatic rings. The molecule has 2 fully saturated rings. The molecule has 0 radical (unpaired) electrons. The monoisotopic (exact) mass is 806 g/mol. The van der Waals surface area contributed by atoms with Crippen molar-refractivity contribution in [2.45, 2.75) is 57.3 Å². The molecule has 0 spiro atoms. The van der Waals surface area contributed by atoms with E-state index in [2.05, 4.69) is 63.8 Å². The first-order valence-corrected chi connectivity index (χ1v) is 20.4. The number of carbonyl (C=O) groups is 4. The topological polar surface area (TPSA) is 157 Å². The van der Waals surface area contributed by atoms with Crippen molar-refractivity contribution in [1.82, 2.24) is 40.0 Å². The third kappa shape index (κ3) is 8.04. The van der Waals surface area contributed by atoms with Crippen molar-refractivity contribution in [1.29, 1.82) is 0 Å². The summed E-state index contributed by atoms with van der Waals surface area (Å²) < 4.78 is 4.77. The zero-order chi connectivity index (χ0) is 42.1. The summed E-state index contributed by atoms with van der Waals surface area (Å²) in [5.74, 6) is 0.962. The molecule has 0 aliphatic carbocycles. The Bertz CT molecular complexity index is 2530. The lowest BCUT2D eigenvalue weighted by Gasteiger charge is -2.31. The summed E-state index contributed by atoms with van der Waals surface area (Å²) in [5, 5.41) is 4.87. The Morgan fingerprint density at radius 2 is 1.37 bits per heavy atom. The minimum Gasteiger partial charge on any atom is -0.453 e. The average Bonchev–Trinajstić information content (AvgIpc) is 4.09. The Hall–Kier alpha value is -6.60. The van der Waals surface area contributed by atoms with Gasteiger partial charge in [-0.1, -0.05) is 92.7 Å². The highest BCUT2D eigenvalue weighted by Gasteiger charge is 2.41. The van der Waals surface area contributed by atoms with E-state index in [1.165, 1.54) is 7.11 Å². The number of rotatable bonds is 11. The molecule has 8 rings (SSSR count). The van der Waals surface area contributed by atoms with Gasteiger partial charge >= 0.3 is 6.09 Å². The summed E-state index contributed by atoms with van der Waals surface area (Å²) in [6, 6.07) is 28.7. The molecule has 3 N–H and O–H groups in total. The summed E-state index contributed by atoms with van der Waals surface area (Å²) in [6.07, 6.45) is 4.95. The Kier molecular flexibility index (Phi) is 11.3. The molecule has 2 aromatic heterocycles. The second-order valence-corrected chi connectivity index (χ2v) is 16.2. The molecule has 4 aromatic carbocycles. The van der Waals surface area contributed by atoms with Gasteiger partial charge in [-0.15, -0.1) is 0 Å². The molecular weight excluding hydrogens is 757 g/mol. The van der Waals surface area contributed by atoms with Crippen LogP contribution < -0.4 is 5.32 Å². The van der Waals surface area contributed by atoms with E-state index in [1.54, 1.807) is 4.90 Å². The van der Waals surface area contributed by atoms with Crippen LogP contribution in [0.3, 0.4) is 0 Å². The van der Waals surface area contributed by atoms with E-state index in [4.69, 9.17) is 14.7 Å². The number of methoxy groups -OCH3 is 1. The quantitative estimate of drug-likeness (QED) is 0.122. The third-order valence-electron chi connectivity index (χ3n) is 11.7. The van der Waals surface area contributed by atoms with Gasteiger partial charge < -0.3 is 29.8 Å². The van der Waals surface area contributed by atoms with Gasteiger partial charge in [-0.2, -0.15) is 0 Å². The number of benzene rings is 4. The fourth-order valence-corrected chi connectivity index (χ4v) is 8.54. The lowest BCUT2D eigenvalue weighted by molar-refractivity contribution is -0.138. The number of hydrogen-bond donors (Lipinski definition) is 3. The fraction of sp³-hybridized carbons (Fsp3) is 0.319. The van der Waals surface area contributed by atoms with Crippen molar-refractivity contribution in [2.24, 2.45) is 5.92 Å². The fourth-order valence-electron chi connectivity index (χ4n) is 8.54. The van der Waals surface area contributed by atoms with Crippen molar-refractivity contribution in [3.8, 4) is 33.6 Å². The second kappa shape index (κ2) is 16.9. The molecule has 0 saturated carbocycles. The van der Waals surface area contributed by atoms with Crippen molar-refractivity contribution in [3.63, 3.8) is 0 Å². The van der Waals surface area contributed by atoms with Crippen LogP contribution in [0.25, 0.3) is 44.4 Å². The Balaban J connectivity index is 0.952. The van der Waals surface area contributed by atoms with Gasteiger partial charge in [0.25, 0.3) is 0 Å². The molecular formula is C47H50N8O5. The first-order chi connectivity index (χ1) is 29.0. The summed E-state index contributed by atoms with van der Waals surface area (Å²) >= 11 is 0. The zero-order valence-corrected chi connectivity index (χ0v) is 34.5. The number of amides is 3. The average molecular weight is 807 g/mol. The highest BCUT2D eigenvalue weighted by atomic mass is 16.5. The van der Waals surface area contributed by atoms with E-state index in [0.29, 0.717) is 12.4 Å². The smallest absolute Gasteiger partial charge is 0.407 e. The normalized spacial score (nSPS) is 17.8. The maximum Gasteiger partial charge on any atom is 0.407 e. The van der Waals surface area contributed by atoms with Crippen LogP contribution in [-0.4, -0.2) is 98.7 Å². The minimum atomic E-state index is -0.691. The Morgan fingerprint density at radius 3 is 2.02 bits per heavy atom. The van der Waals surface area contributed by atoms with Crippen LogP contribution >= 0.6 is 0 Å². The maximum atomic E-state index is 13.9. The number of likely N-dealkylation sites (tertiary alicyclic amines) is 2. The molecule has 4 heterocycles. The summed E-state index contributed by atoms with van der Waals surface area (Å²) in [4.78, 5) is 74.0. The van der Waals surface area contributed by atoms with Crippen molar-refractivity contribution in [2.75, 3.05) is 34.3 Å². The van der Waals surface area contributed by atoms with Crippen LogP contribution in [0.4, 0.5) is 4.79 Å². The molecule has 6 aromatic rings. The number of ketones is 1. The van der Waals surface area contributed by atoms with Gasteiger partial charge in [0.1, 0.15) is 23.7 Å². The summed E-state index contributed by atoms with van der Waals surface area (Å²) in [5.41, 5.74) is 6.43. The number of H-pyrrole nitrogens is 2. The number of fused-ring (bicyclic) bond motifs is 1. The molecule has 0 unspecified atom stereocenters. The first-order valence-electron chi connectivity index (χ1n) is 20.4. The van der Waals surface area contributed by atoms with Crippen LogP contribution in [0.1, 0.15) is 68.4 Å². The van der Waals surface area contributed by atoms with E-state index < -0.39 is 24.2 Å². The number of alkyl carbamates (subject to hydrolysis) is 1. The lowest BCUT2D eigenvalue weighted by Crippen LogP contribution is -2.51. The van der Waals surface area contributed by atoms with Crippen molar-refractivity contribution in [3.05, 3.63) is 121 Å². The molecule has 0 bridgehead atoms. The van der Waals surface area contributed by atoms with Gasteiger partial charge in [-0.25, -0.2) is 14.8 Å². The highest BCUT2D eigenvalue weighted by Crippen LogP contribution is 2.36. The molecule has 60 heavy (non-hydrogen) atoms. The van der Waals surface area contributed by atoms with Crippen LogP contribution in [0, 0.1) is 5.92 Å². The summed E-state index contributed by atoms with van der Waals surface area (Å²) in [7, 11) is 5.04. The number of imidazole rings is 2.